The van der Waals surface area contributed by atoms with Gasteiger partial charge < -0.3 is 14.9 Å². The Morgan fingerprint density at radius 2 is 2.11 bits per heavy atom. The van der Waals surface area contributed by atoms with Gasteiger partial charge in [0.15, 0.2) is 0 Å². The van der Waals surface area contributed by atoms with Crippen LogP contribution >= 0.6 is 0 Å². The smallest absolute Gasteiger partial charge is 0.334 e. The van der Waals surface area contributed by atoms with Crippen molar-refractivity contribution in [1.82, 2.24) is 0 Å². The van der Waals surface area contributed by atoms with Crippen LogP contribution in [0.25, 0.3) is 0 Å². The summed E-state index contributed by atoms with van der Waals surface area (Å²) in [5.74, 6) is -0.938. The third-order valence-corrected chi connectivity index (χ3v) is 5.25. The van der Waals surface area contributed by atoms with Gasteiger partial charge >= 0.3 is 5.97 Å². The highest BCUT2D eigenvalue weighted by atomic mass is 16.5. The summed E-state index contributed by atoms with van der Waals surface area (Å²) in [7, 11) is 0. The van der Waals surface area contributed by atoms with E-state index in [4.69, 9.17) is 4.74 Å². The second kappa shape index (κ2) is 3.83. The number of ether oxygens (including phenoxy) is 1. The summed E-state index contributed by atoms with van der Waals surface area (Å²) >= 11 is 0. The van der Waals surface area contributed by atoms with Crippen molar-refractivity contribution in [2.75, 3.05) is 6.61 Å². The van der Waals surface area contributed by atoms with E-state index >= 15 is 0 Å². The first-order valence-corrected chi connectivity index (χ1v) is 7.04. The van der Waals surface area contributed by atoms with Crippen molar-refractivity contribution in [3.05, 3.63) is 11.6 Å². The fourth-order valence-corrected chi connectivity index (χ4v) is 4.32. The molecule has 4 nitrogen and oxygen atoms in total. The molecule has 1 saturated heterocycles. The van der Waals surface area contributed by atoms with Gasteiger partial charge in [-0.3, -0.25) is 0 Å². The number of hydrogen-bond acceptors (Lipinski definition) is 4. The monoisotopic (exact) mass is 266 g/mol. The van der Waals surface area contributed by atoms with Crippen molar-refractivity contribution < 1.29 is 19.7 Å². The third kappa shape index (κ3) is 1.77. The van der Waals surface area contributed by atoms with Gasteiger partial charge in [-0.2, -0.15) is 0 Å². The summed E-state index contributed by atoms with van der Waals surface area (Å²) in [5, 5.41) is 21.7. The molecule has 5 unspecified atom stereocenters. The Balaban J connectivity index is 2.05. The van der Waals surface area contributed by atoms with Crippen LogP contribution in [0.2, 0.25) is 0 Å². The summed E-state index contributed by atoms with van der Waals surface area (Å²) < 4.78 is 5.06. The highest BCUT2D eigenvalue weighted by molar-refractivity contribution is 5.91. The van der Waals surface area contributed by atoms with Gasteiger partial charge in [-0.05, 0) is 18.3 Å². The van der Waals surface area contributed by atoms with Gasteiger partial charge in [0.25, 0.3) is 0 Å². The number of carbonyl (C=O) groups excluding carboxylic acids is 1. The minimum Gasteiger partial charge on any atom is -0.462 e. The second-order valence-corrected chi connectivity index (χ2v) is 7.25. The van der Waals surface area contributed by atoms with Gasteiger partial charge in [-0.25, -0.2) is 4.79 Å². The van der Waals surface area contributed by atoms with Crippen LogP contribution in [0.5, 0.6) is 0 Å². The van der Waals surface area contributed by atoms with E-state index in [1.807, 2.05) is 13.0 Å². The lowest BCUT2D eigenvalue weighted by Crippen LogP contribution is -2.45. The maximum atomic E-state index is 11.7. The molecular formula is C15H22O4. The van der Waals surface area contributed by atoms with E-state index in [0.717, 1.165) is 6.42 Å². The summed E-state index contributed by atoms with van der Waals surface area (Å²) in [6.45, 7) is 6.42. The molecule has 4 heteroatoms. The number of fused-ring (bicyclic) bond motifs is 2. The van der Waals surface area contributed by atoms with Crippen LogP contribution in [-0.2, 0) is 9.53 Å². The molecule has 1 heterocycles. The van der Waals surface area contributed by atoms with Gasteiger partial charge in [-0.15, -0.1) is 0 Å². The molecule has 0 aromatic heterocycles. The van der Waals surface area contributed by atoms with E-state index in [2.05, 4.69) is 13.8 Å². The third-order valence-electron chi connectivity index (χ3n) is 5.25. The molecule has 2 aliphatic carbocycles. The summed E-state index contributed by atoms with van der Waals surface area (Å²) in [6.07, 6.45) is 2.56. The van der Waals surface area contributed by atoms with E-state index in [1.54, 1.807) is 0 Å². The van der Waals surface area contributed by atoms with E-state index in [0.29, 0.717) is 12.0 Å². The molecule has 106 valence electrons. The van der Waals surface area contributed by atoms with Crippen molar-refractivity contribution in [3.8, 4) is 0 Å². The van der Waals surface area contributed by atoms with Gasteiger partial charge in [0.2, 0.25) is 0 Å². The number of cyclic esters (lactones) is 1. The number of hydrogen-bond donors (Lipinski definition) is 2. The fourth-order valence-electron chi connectivity index (χ4n) is 4.32. The van der Waals surface area contributed by atoms with Crippen molar-refractivity contribution in [1.29, 1.82) is 0 Å². The molecule has 2 N–H and O–H groups in total. The molecule has 1 saturated carbocycles. The highest BCUT2D eigenvalue weighted by Gasteiger charge is 2.58. The quantitative estimate of drug-likeness (QED) is 0.648. The van der Waals surface area contributed by atoms with Gasteiger partial charge in [0.05, 0.1) is 17.6 Å². The number of carbonyl (C=O) groups is 1. The molecular weight excluding hydrogens is 244 g/mol. The Bertz CT molecular complexity index is 453. The van der Waals surface area contributed by atoms with Crippen LogP contribution in [0, 0.1) is 23.2 Å². The Kier molecular flexibility index (Phi) is 2.64. The number of esters is 1. The maximum absolute atomic E-state index is 11.7. The molecule has 0 radical (unpaired) electrons. The van der Waals surface area contributed by atoms with E-state index < -0.39 is 11.7 Å². The van der Waals surface area contributed by atoms with Crippen LogP contribution < -0.4 is 0 Å². The van der Waals surface area contributed by atoms with Crippen molar-refractivity contribution >= 4 is 5.97 Å². The predicted molar refractivity (Wildman–Crippen MR) is 69.2 cm³/mol. The second-order valence-electron chi connectivity index (χ2n) is 7.25. The SMILES string of the molecule is CC1C=C2C(=O)OCC2C(O)C2CC(C)(C)CC12O. The zero-order valence-electron chi connectivity index (χ0n) is 11.7. The first-order chi connectivity index (χ1) is 8.74. The molecule has 0 amide bonds. The van der Waals surface area contributed by atoms with Crippen LogP contribution in [0.3, 0.4) is 0 Å². The first-order valence-electron chi connectivity index (χ1n) is 7.04. The average Bonchev–Trinajstić information content (AvgIpc) is 2.75. The first kappa shape index (κ1) is 13.1. The normalized spacial score (nSPS) is 48.1. The largest absolute Gasteiger partial charge is 0.462 e. The number of aliphatic hydroxyl groups excluding tert-OH is 1. The molecule has 19 heavy (non-hydrogen) atoms. The minimum atomic E-state index is -0.916. The molecule has 2 fully saturated rings. The van der Waals surface area contributed by atoms with Crippen molar-refractivity contribution in [2.45, 2.75) is 45.3 Å². The van der Waals surface area contributed by atoms with Crippen LogP contribution in [-0.4, -0.2) is 34.5 Å². The van der Waals surface area contributed by atoms with Crippen LogP contribution in [0.1, 0.15) is 33.6 Å². The average molecular weight is 266 g/mol. The molecule has 0 aromatic rings. The number of aliphatic hydroxyl groups is 2. The molecule has 0 aromatic carbocycles. The molecule has 1 aliphatic heterocycles. The van der Waals surface area contributed by atoms with E-state index in [1.165, 1.54) is 0 Å². The molecule has 3 aliphatic rings. The van der Waals surface area contributed by atoms with Crippen LogP contribution in [0.4, 0.5) is 0 Å². The van der Waals surface area contributed by atoms with Gasteiger partial charge in [-0.1, -0.05) is 26.8 Å². The number of rotatable bonds is 0. The maximum Gasteiger partial charge on any atom is 0.334 e. The van der Waals surface area contributed by atoms with Gasteiger partial charge in [0, 0.05) is 17.4 Å². The Morgan fingerprint density at radius 3 is 2.79 bits per heavy atom. The zero-order chi connectivity index (χ0) is 14.0. The van der Waals surface area contributed by atoms with Gasteiger partial charge in [0.1, 0.15) is 6.61 Å². The Labute approximate surface area is 113 Å². The lowest BCUT2D eigenvalue weighted by atomic mass is 9.77. The molecule has 0 bridgehead atoms. The fraction of sp³-hybridized carbons (Fsp3) is 0.800. The van der Waals surface area contributed by atoms with Crippen molar-refractivity contribution in [3.63, 3.8) is 0 Å². The Hall–Kier alpha value is -0.870. The van der Waals surface area contributed by atoms with Crippen molar-refractivity contribution in [2.24, 2.45) is 23.2 Å². The lowest BCUT2D eigenvalue weighted by Gasteiger charge is -2.36. The Morgan fingerprint density at radius 1 is 1.42 bits per heavy atom. The summed E-state index contributed by atoms with van der Waals surface area (Å²) in [6, 6.07) is 0. The molecule has 3 rings (SSSR count). The predicted octanol–water partition coefficient (Wildman–Crippen LogP) is 1.26. The standard InChI is InChI=1S/C15H22O4/c1-8-4-9-10(6-19-13(9)17)12(16)11-5-14(2,3)7-15(8,11)18/h4,8,10-12,16,18H,5-7H2,1-3H3. The molecule has 0 spiro atoms. The molecule has 5 atom stereocenters. The zero-order valence-corrected chi connectivity index (χ0v) is 11.7. The topological polar surface area (TPSA) is 66.8 Å². The van der Waals surface area contributed by atoms with E-state index in [-0.39, 0.29) is 35.7 Å². The minimum absolute atomic E-state index is 0.0173. The van der Waals surface area contributed by atoms with E-state index in [9.17, 15) is 15.0 Å². The lowest BCUT2D eigenvalue weighted by molar-refractivity contribution is -0.135. The summed E-state index contributed by atoms with van der Waals surface area (Å²) in [5.41, 5.74) is -0.343. The summed E-state index contributed by atoms with van der Waals surface area (Å²) in [4.78, 5) is 11.7. The van der Waals surface area contributed by atoms with Crippen LogP contribution in [0.15, 0.2) is 11.6 Å². The highest BCUT2D eigenvalue weighted by Crippen LogP contribution is 2.55.